The lowest BCUT2D eigenvalue weighted by Crippen LogP contribution is -2.31. The number of ether oxygens (including phenoxy) is 1. The zero-order valence-electron chi connectivity index (χ0n) is 21.4. The molecule has 1 rings (SSSR count). The molecule has 7 nitrogen and oxygen atoms in total. The number of rotatable bonds is 13. The molecule has 33 heavy (non-hydrogen) atoms. The zero-order chi connectivity index (χ0) is 24.9. The van der Waals surface area contributed by atoms with Gasteiger partial charge >= 0.3 is 0 Å². The third kappa shape index (κ3) is 12.9. The monoisotopic (exact) mass is 460 g/mol. The Morgan fingerprint density at radius 3 is 2.73 bits per heavy atom. The molecule has 0 spiro atoms. The number of nitrogens with zero attached hydrogens (tertiary/aromatic N) is 2. The third-order valence-electron chi connectivity index (χ3n) is 5.46. The Balaban J connectivity index is 2.72. The van der Waals surface area contributed by atoms with E-state index in [1.807, 2.05) is 26.1 Å². The lowest BCUT2D eigenvalue weighted by atomic mass is 9.84. The minimum absolute atomic E-state index is 0.0737. The van der Waals surface area contributed by atoms with Gasteiger partial charge in [0.15, 0.2) is 0 Å². The normalized spacial score (nSPS) is 18.2. The van der Waals surface area contributed by atoms with Gasteiger partial charge in [-0.2, -0.15) is 5.10 Å². The van der Waals surface area contributed by atoms with Crippen molar-refractivity contribution in [2.75, 3.05) is 13.2 Å². The molecule has 0 aromatic rings. The van der Waals surface area contributed by atoms with E-state index in [9.17, 15) is 9.59 Å². The molecule has 1 aliphatic carbocycles. The van der Waals surface area contributed by atoms with E-state index >= 15 is 0 Å². The standard InChI is InChI=1S/C26H44N4O3/c1-8-23-10-9-11-24(16-23)17-27-25(32)12-14-29-30(22(5)33-18-20(2)3)15-13-26(6,7)19-28-21(4)31/h13-15,17,20,23H,5,8-12,16,18-19H2,1-4,6-7H3,(H,27,32)(H,28,31)/b15-13+,24-17+,29-14-. The summed E-state index contributed by atoms with van der Waals surface area (Å²) in [6.45, 7) is 16.8. The van der Waals surface area contributed by atoms with Crippen LogP contribution in [0.4, 0.5) is 0 Å². The van der Waals surface area contributed by atoms with E-state index in [2.05, 4.69) is 43.1 Å². The number of nitrogens with one attached hydrogen (secondary N) is 2. The molecule has 1 unspecified atom stereocenters. The molecular formula is C26H44N4O3. The fraction of sp³-hybridized carbons (Fsp3) is 0.654. The minimum atomic E-state index is -0.294. The number of hydrogen-bond donors (Lipinski definition) is 2. The van der Waals surface area contributed by atoms with Crippen molar-refractivity contribution in [1.82, 2.24) is 15.6 Å². The summed E-state index contributed by atoms with van der Waals surface area (Å²) in [7, 11) is 0. The van der Waals surface area contributed by atoms with E-state index in [0.717, 1.165) is 18.8 Å². The number of allylic oxidation sites excluding steroid dienone is 1. The highest BCUT2D eigenvalue weighted by atomic mass is 16.5. The minimum Gasteiger partial charge on any atom is -0.478 e. The topological polar surface area (TPSA) is 83.0 Å². The fourth-order valence-electron chi connectivity index (χ4n) is 3.32. The van der Waals surface area contributed by atoms with Gasteiger partial charge in [0, 0.05) is 37.5 Å². The van der Waals surface area contributed by atoms with Crippen LogP contribution < -0.4 is 10.6 Å². The lowest BCUT2D eigenvalue weighted by Gasteiger charge is -2.23. The van der Waals surface area contributed by atoms with Crippen LogP contribution in [0.1, 0.15) is 80.1 Å². The molecule has 0 aromatic carbocycles. The second kappa shape index (κ2) is 14.6. The molecule has 1 aliphatic rings. The summed E-state index contributed by atoms with van der Waals surface area (Å²) in [5.74, 6) is 1.28. The first kappa shape index (κ1) is 28.5. The van der Waals surface area contributed by atoms with Gasteiger partial charge in [0.2, 0.25) is 17.7 Å². The molecule has 1 saturated carbocycles. The summed E-state index contributed by atoms with van der Waals surface area (Å²) in [4.78, 5) is 23.5. The molecule has 7 heteroatoms. The van der Waals surface area contributed by atoms with Crippen molar-refractivity contribution in [3.63, 3.8) is 0 Å². The first-order chi connectivity index (χ1) is 15.5. The summed E-state index contributed by atoms with van der Waals surface area (Å²) >= 11 is 0. The van der Waals surface area contributed by atoms with Gasteiger partial charge in [-0.05, 0) is 44.1 Å². The van der Waals surface area contributed by atoms with Gasteiger partial charge in [-0.25, -0.2) is 5.01 Å². The van der Waals surface area contributed by atoms with Gasteiger partial charge in [0.05, 0.1) is 13.0 Å². The van der Waals surface area contributed by atoms with Crippen LogP contribution in [0.25, 0.3) is 0 Å². The van der Waals surface area contributed by atoms with E-state index in [-0.39, 0.29) is 23.7 Å². The molecule has 0 saturated heterocycles. The average Bonchev–Trinajstić information content (AvgIpc) is 2.77. The SMILES string of the molecule is C=C(OCC(C)C)N(/C=C/C(C)(C)CNC(C)=O)/N=C\CC(=O)N/C=C1\CCCC(CC)C1. The lowest BCUT2D eigenvalue weighted by molar-refractivity contribution is -0.119. The number of hydrogen-bond acceptors (Lipinski definition) is 5. The van der Waals surface area contributed by atoms with Crippen molar-refractivity contribution in [3.8, 4) is 0 Å². The van der Waals surface area contributed by atoms with Crippen LogP contribution in [0.3, 0.4) is 0 Å². The predicted molar refractivity (Wildman–Crippen MR) is 135 cm³/mol. The summed E-state index contributed by atoms with van der Waals surface area (Å²) in [5, 5.41) is 11.6. The van der Waals surface area contributed by atoms with Crippen LogP contribution in [0.2, 0.25) is 0 Å². The Hall–Kier alpha value is -2.57. The Kier molecular flexibility index (Phi) is 12.6. The number of amides is 2. The molecule has 2 amide bonds. The Bertz CT molecular complexity index is 738. The molecule has 0 aromatic heterocycles. The van der Waals surface area contributed by atoms with E-state index in [1.165, 1.54) is 36.8 Å². The Labute approximate surface area is 200 Å². The zero-order valence-corrected chi connectivity index (χ0v) is 21.4. The second-order valence-corrected chi connectivity index (χ2v) is 9.90. The molecule has 0 aliphatic heterocycles. The van der Waals surface area contributed by atoms with Crippen LogP contribution in [0.15, 0.2) is 41.6 Å². The van der Waals surface area contributed by atoms with Crippen molar-refractivity contribution < 1.29 is 14.3 Å². The maximum atomic E-state index is 12.3. The number of hydrazone groups is 1. The van der Waals surface area contributed by atoms with Crippen LogP contribution in [0, 0.1) is 17.3 Å². The van der Waals surface area contributed by atoms with Gasteiger partial charge in [-0.1, -0.05) is 52.7 Å². The van der Waals surface area contributed by atoms with Crippen LogP contribution >= 0.6 is 0 Å². The quantitative estimate of drug-likeness (QED) is 0.228. The van der Waals surface area contributed by atoms with Crippen LogP contribution in [-0.2, 0) is 14.3 Å². The molecule has 0 radical (unpaired) electrons. The van der Waals surface area contributed by atoms with E-state index in [4.69, 9.17) is 4.74 Å². The first-order valence-electron chi connectivity index (χ1n) is 12.1. The van der Waals surface area contributed by atoms with Crippen molar-refractivity contribution in [3.05, 3.63) is 36.5 Å². The Morgan fingerprint density at radius 2 is 2.09 bits per heavy atom. The maximum absolute atomic E-state index is 12.3. The summed E-state index contributed by atoms with van der Waals surface area (Å²) in [6.07, 6.45) is 13.1. The van der Waals surface area contributed by atoms with Crippen LogP contribution in [0.5, 0.6) is 0 Å². The average molecular weight is 461 g/mol. The van der Waals surface area contributed by atoms with Crippen molar-refractivity contribution in [2.24, 2.45) is 22.4 Å². The van der Waals surface area contributed by atoms with E-state index in [1.54, 1.807) is 12.4 Å². The molecule has 1 atom stereocenters. The largest absolute Gasteiger partial charge is 0.478 e. The third-order valence-corrected chi connectivity index (χ3v) is 5.46. The summed E-state index contributed by atoms with van der Waals surface area (Å²) < 4.78 is 5.72. The van der Waals surface area contributed by atoms with Gasteiger partial charge in [-0.3, -0.25) is 9.59 Å². The smallest absolute Gasteiger partial charge is 0.229 e. The molecule has 1 fully saturated rings. The van der Waals surface area contributed by atoms with Crippen molar-refractivity contribution in [2.45, 2.75) is 80.1 Å². The highest BCUT2D eigenvalue weighted by Gasteiger charge is 2.16. The summed E-state index contributed by atoms with van der Waals surface area (Å²) in [6, 6.07) is 0. The molecule has 0 heterocycles. The number of carbonyl (C=O) groups is 2. The van der Waals surface area contributed by atoms with Crippen molar-refractivity contribution >= 4 is 18.0 Å². The van der Waals surface area contributed by atoms with Gasteiger partial charge in [0.1, 0.15) is 0 Å². The summed E-state index contributed by atoms with van der Waals surface area (Å²) in [5.41, 5.74) is 1.03. The maximum Gasteiger partial charge on any atom is 0.229 e. The highest BCUT2D eigenvalue weighted by Crippen LogP contribution is 2.29. The first-order valence-corrected chi connectivity index (χ1v) is 12.1. The molecule has 0 bridgehead atoms. The molecule has 186 valence electrons. The van der Waals surface area contributed by atoms with Gasteiger partial charge < -0.3 is 15.4 Å². The second-order valence-electron chi connectivity index (χ2n) is 9.90. The van der Waals surface area contributed by atoms with Gasteiger partial charge in [-0.15, -0.1) is 0 Å². The predicted octanol–water partition coefficient (Wildman–Crippen LogP) is 5.08. The van der Waals surface area contributed by atoms with E-state index in [0.29, 0.717) is 25.0 Å². The van der Waals surface area contributed by atoms with E-state index < -0.39 is 0 Å². The molecular weight excluding hydrogens is 416 g/mol. The van der Waals surface area contributed by atoms with Crippen molar-refractivity contribution in [1.29, 1.82) is 0 Å². The van der Waals surface area contributed by atoms with Gasteiger partial charge in [0.25, 0.3) is 0 Å². The number of carbonyl (C=O) groups excluding carboxylic acids is 2. The Morgan fingerprint density at radius 1 is 1.36 bits per heavy atom. The fourth-order valence-corrected chi connectivity index (χ4v) is 3.32. The molecule has 2 N–H and O–H groups in total. The highest BCUT2D eigenvalue weighted by molar-refractivity contribution is 5.90. The van der Waals surface area contributed by atoms with Crippen LogP contribution in [-0.4, -0.2) is 36.2 Å².